The van der Waals surface area contributed by atoms with Crippen molar-refractivity contribution >= 4 is 5.91 Å². The van der Waals surface area contributed by atoms with Gasteiger partial charge in [0.2, 0.25) is 5.91 Å². The molecule has 0 aromatic heterocycles. The van der Waals surface area contributed by atoms with E-state index in [2.05, 4.69) is 12.2 Å². The van der Waals surface area contributed by atoms with Crippen LogP contribution in [0.25, 0.3) is 0 Å². The van der Waals surface area contributed by atoms with E-state index in [1.165, 1.54) is 12.1 Å². The fourth-order valence-electron chi connectivity index (χ4n) is 2.73. The molecule has 1 saturated heterocycles. The largest absolute Gasteiger partial charge is 0.416 e. The Labute approximate surface area is 139 Å². The minimum atomic E-state index is -4.45. The summed E-state index contributed by atoms with van der Waals surface area (Å²) in [6.45, 7) is 4.06. The molecule has 2 rings (SSSR count). The fraction of sp³-hybridized carbons (Fsp3) is 0.588. The molecule has 0 radical (unpaired) electrons. The lowest BCUT2D eigenvalue weighted by Crippen LogP contribution is -2.42. The summed E-state index contributed by atoms with van der Waals surface area (Å²) < 4.78 is 38.0. The van der Waals surface area contributed by atoms with Crippen molar-refractivity contribution in [3.05, 3.63) is 35.4 Å². The number of piperidine rings is 1. The molecule has 24 heavy (non-hydrogen) atoms. The Kier molecular flexibility index (Phi) is 6.23. The number of halogens is 3. The van der Waals surface area contributed by atoms with Crippen LogP contribution in [0.15, 0.2) is 24.3 Å². The monoisotopic (exact) mass is 344 g/mol. The van der Waals surface area contributed by atoms with Crippen molar-refractivity contribution in [1.29, 1.82) is 0 Å². The molecule has 1 atom stereocenters. The van der Waals surface area contributed by atoms with E-state index in [4.69, 9.17) is 0 Å². The van der Waals surface area contributed by atoms with Gasteiger partial charge in [-0.15, -0.1) is 0 Å². The van der Waals surface area contributed by atoms with E-state index in [0.29, 0.717) is 5.92 Å². The summed E-state index contributed by atoms with van der Waals surface area (Å²) in [5.74, 6) is 0.447. The molecule has 1 heterocycles. The second-order valence-electron chi connectivity index (χ2n) is 6.40. The standard InChI is InChI=1S/C17H23F3N2O2/c1-12-5-7-22(8-6-12)11-16(24)21-10-15(23)13-3-2-4-14(9-13)17(18,19)20/h2-4,9,12,15,23H,5-8,10-11H2,1H3,(H,21,24). The van der Waals surface area contributed by atoms with Gasteiger partial charge in [0.15, 0.2) is 0 Å². The summed E-state index contributed by atoms with van der Waals surface area (Å²) >= 11 is 0. The molecule has 1 amide bonds. The Bertz CT molecular complexity index is 555. The van der Waals surface area contributed by atoms with Gasteiger partial charge >= 0.3 is 6.18 Å². The van der Waals surface area contributed by atoms with Crippen molar-refractivity contribution in [1.82, 2.24) is 10.2 Å². The number of likely N-dealkylation sites (tertiary alicyclic amines) is 1. The maximum atomic E-state index is 12.7. The van der Waals surface area contributed by atoms with Crippen LogP contribution in [-0.4, -0.2) is 42.1 Å². The lowest BCUT2D eigenvalue weighted by molar-refractivity contribution is -0.137. The van der Waals surface area contributed by atoms with Crippen molar-refractivity contribution in [2.75, 3.05) is 26.2 Å². The minimum Gasteiger partial charge on any atom is -0.387 e. The summed E-state index contributed by atoms with van der Waals surface area (Å²) in [4.78, 5) is 14.0. The third-order valence-corrected chi connectivity index (χ3v) is 4.33. The predicted molar refractivity (Wildman–Crippen MR) is 84.3 cm³/mol. The molecule has 134 valence electrons. The zero-order valence-electron chi connectivity index (χ0n) is 13.6. The molecular formula is C17H23F3N2O2. The number of rotatable bonds is 5. The van der Waals surface area contributed by atoms with Crippen molar-refractivity contribution < 1.29 is 23.1 Å². The first-order valence-electron chi connectivity index (χ1n) is 8.10. The molecule has 1 unspecified atom stereocenters. The van der Waals surface area contributed by atoms with E-state index in [-0.39, 0.29) is 24.6 Å². The Morgan fingerprint density at radius 2 is 2.04 bits per heavy atom. The highest BCUT2D eigenvalue weighted by molar-refractivity contribution is 5.78. The van der Waals surface area contributed by atoms with Crippen molar-refractivity contribution in [3.8, 4) is 0 Å². The zero-order valence-corrected chi connectivity index (χ0v) is 13.6. The number of hydrogen-bond donors (Lipinski definition) is 2. The van der Waals surface area contributed by atoms with Crippen LogP contribution >= 0.6 is 0 Å². The summed E-state index contributed by atoms with van der Waals surface area (Å²) in [6, 6.07) is 4.52. The first kappa shape index (κ1) is 18.7. The van der Waals surface area contributed by atoms with E-state index in [1.54, 1.807) is 0 Å². The van der Waals surface area contributed by atoms with Gasteiger partial charge in [-0.25, -0.2) is 0 Å². The number of nitrogens with one attached hydrogen (secondary N) is 1. The van der Waals surface area contributed by atoms with Crippen LogP contribution in [0.4, 0.5) is 13.2 Å². The fourth-order valence-corrected chi connectivity index (χ4v) is 2.73. The van der Waals surface area contributed by atoms with Crippen LogP contribution in [-0.2, 0) is 11.0 Å². The normalized spacial score (nSPS) is 18.4. The van der Waals surface area contributed by atoms with Gasteiger partial charge in [0.1, 0.15) is 0 Å². The third kappa shape index (κ3) is 5.49. The van der Waals surface area contributed by atoms with E-state index in [9.17, 15) is 23.1 Å². The van der Waals surface area contributed by atoms with Gasteiger partial charge in [0, 0.05) is 6.54 Å². The number of aliphatic hydroxyl groups is 1. The second-order valence-corrected chi connectivity index (χ2v) is 6.40. The number of carbonyl (C=O) groups is 1. The molecule has 1 fully saturated rings. The van der Waals surface area contributed by atoms with Gasteiger partial charge in [0.05, 0.1) is 18.2 Å². The van der Waals surface area contributed by atoms with Crippen LogP contribution in [0.5, 0.6) is 0 Å². The van der Waals surface area contributed by atoms with E-state index >= 15 is 0 Å². The zero-order chi connectivity index (χ0) is 17.7. The molecule has 0 saturated carbocycles. The Hall–Kier alpha value is -1.60. The van der Waals surface area contributed by atoms with Crippen LogP contribution < -0.4 is 5.32 Å². The summed E-state index contributed by atoms with van der Waals surface area (Å²) in [7, 11) is 0. The van der Waals surface area contributed by atoms with Crippen molar-refractivity contribution in [2.45, 2.75) is 32.0 Å². The summed E-state index contributed by atoms with van der Waals surface area (Å²) in [6.07, 6.45) is -3.51. The van der Waals surface area contributed by atoms with Crippen LogP contribution in [0.3, 0.4) is 0 Å². The molecule has 4 nitrogen and oxygen atoms in total. The van der Waals surface area contributed by atoms with Gasteiger partial charge in [-0.1, -0.05) is 19.1 Å². The molecule has 0 aliphatic carbocycles. The molecule has 1 aromatic rings. The van der Waals surface area contributed by atoms with Gasteiger partial charge in [-0.3, -0.25) is 9.69 Å². The number of benzene rings is 1. The van der Waals surface area contributed by atoms with Crippen LogP contribution in [0, 0.1) is 5.92 Å². The van der Waals surface area contributed by atoms with E-state index in [1.807, 2.05) is 4.90 Å². The maximum absolute atomic E-state index is 12.7. The average molecular weight is 344 g/mol. The Morgan fingerprint density at radius 3 is 2.67 bits per heavy atom. The van der Waals surface area contributed by atoms with E-state index in [0.717, 1.165) is 38.1 Å². The van der Waals surface area contributed by atoms with Crippen molar-refractivity contribution in [3.63, 3.8) is 0 Å². The third-order valence-electron chi connectivity index (χ3n) is 4.33. The molecule has 0 spiro atoms. The predicted octanol–water partition coefficient (Wildman–Crippen LogP) is 2.59. The number of nitrogens with zero attached hydrogens (tertiary/aromatic N) is 1. The lowest BCUT2D eigenvalue weighted by Gasteiger charge is -2.29. The topological polar surface area (TPSA) is 52.6 Å². The average Bonchev–Trinajstić information content (AvgIpc) is 2.54. The van der Waals surface area contributed by atoms with Gasteiger partial charge in [0.25, 0.3) is 0 Å². The first-order valence-corrected chi connectivity index (χ1v) is 8.10. The van der Waals surface area contributed by atoms with Crippen LogP contribution in [0.2, 0.25) is 0 Å². The summed E-state index contributed by atoms with van der Waals surface area (Å²) in [5.41, 5.74) is -0.676. The Balaban J connectivity index is 1.82. The number of hydrogen-bond acceptors (Lipinski definition) is 3. The molecule has 0 bridgehead atoms. The highest BCUT2D eigenvalue weighted by Crippen LogP contribution is 2.30. The molecule has 1 aliphatic heterocycles. The quantitative estimate of drug-likeness (QED) is 0.863. The summed E-state index contributed by atoms with van der Waals surface area (Å²) in [5, 5.41) is 12.6. The molecule has 2 N–H and O–H groups in total. The lowest BCUT2D eigenvalue weighted by atomic mass is 9.99. The van der Waals surface area contributed by atoms with Crippen molar-refractivity contribution in [2.24, 2.45) is 5.92 Å². The molecular weight excluding hydrogens is 321 g/mol. The maximum Gasteiger partial charge on any atom is 0.416 e. The second kappa shape index (κ2) is 7.98. The Morgan fingerprint density at radius 1 is 1.38 bits per heavy atom. The minimum absolute atomic E-state index is 0.107. The van der Waals surface area contributed by atoms with Crippen LogP contribution in [0.1, 0.15) is 37.0 Å². The van der Waals surface area contributed by atoms with Gasteiger partial charge in [-0.2, -0.15) is 13.2 Å². The highest BCUT2D eigenvalue weighted by atomic mass is 19.4. The number of alkyl halides is 3. The molecule has 1 aromatic carbocycles. The highest BCUT2D eigenvalue weighted by Gasteiger charge is 2.30. The first-order chi connectivity index (χ1) is 11.3. The smallest absolute Gasteiger partial charge is 0.387 e. The number of amides is 1. The van der Waals surface area contributed by atoms with Gasteiger partial charge < -0.3 is 10.4 Å². The van der Waals surface area contributed by atoms with Gasteiger partial charge in [-0.05, 0) is 49.5 Å². The molecule has 1 aliphatic rings. The number of carbonyl (C=O) groups excluding carboxylic acids is 1. The SMILES string of the molecule is CC1CCN(CC(=O)NCC(O)c2cccc(C(F)(F)F)c2)CC1. The molecule has 7 heteroatoms. The number of aliphatic hydroxyl groups excluding tert-OH is 1. The van der Waals surface area contributed by atoms with E-state index < -0.39 is 17.8 Å².